The van der Waals surface area contributed by atoms with Crippen LogP contribution < -0.4 is 0 Å². The second kappa shape index (κ2) is 11.7. The van der Waals surface area contributed by atoms with Gasteiger partial charge >= 0.3 is 0 Å². The van der Waals surface area contributed by atoms with E-state index in [2.05, 4.69) is 156 Å². The molecule has 0 unspecified atom stereocenters. The molecule has 0 saturated heterocycles. The van der Waals surface area contributed by atoms with Crippen molar-refractivity contribution in [1.29, 1.82) is 0 Å². The van der Waals surface area contributed by atoms with Gasteiger partial charge in [0.15, 0.2) is 17.5 Å². The number of benzene rings is 9. The fraction of sp³-hybridized carbons (Fsp3) is 0. The maximum absolute atomic E-state index is 5.08. The van der Waals surface area contributed by atoms with E-state index in [0.717, 1.165) is 27.8 Å². The van der Waals surface area contributed by atoms with Crippen LogP contribution in [-0.4, -0.2) is 19.5 Å². The molecule has 9 aromatic carbocycles. The SMILES string of the molecule is c1ccc(-c2nc(-c3ccc(-n4c5cc6ccccc6cc5c5c6ccccc6c6ccccc6c54)cc3)nc(-c3ccc4ccccc4c3)n2)cc1. The van der Waals surface area contributed by atoms with Gasteiger partial charge in [-0.05, 0) is 80.2 Å². The molecule has 0 N–H and O–H groups in total. The molecule has 0 fully saturated rings. The van der Waals surface area contributed by atoms with Gasteiger partial charge in [0.2, 0.25) is 0 Å². The molecule has 0 aliphatic heterocycles. The van der Waals surface area contributed by atoms with Gasteiger partial charge in [0.25, 0.3) is 0 Å². The van der Waals surface area contributed by atoms with E-state index in [1.54, 1.807) is 0 Å². The Balaban J connectivity index is 1.14. The van der Waals surface area contributed by atoms with Crippen molar-refractivity contribution in [2.75, 3.05) is 0 Å². The Hall–Kier alpha value is -7.17. The zero-order valence-corrected chi connectivity index (χ0v) is 28.6. The van der Waals surface area contributed by atoms with Gasteiger partial charge in [0.05, 0.1) is 11.0 Å². The predicted octanol–water partition coefficient (Wildman–Crippen LogP) is 12.6. The highest BCUT2D eigenvalue weighted by molar-refractivity contribution is 6.33. The summed E-state index contributed by atoms with van der Waals surface area (Å²) in [6.07, 6.45) is 0. The lowest BCUT2D eigenvalue weighted by Crippen LogP contribution is -2.00. The van der Waals surface area contributed by atoms with Crippen molar-refractivity contribution in [2.24, 2.45) is 0 Å². The highest BCUT2D eigenvalue weighted by atomic mass is 15.0. The van der Waals surface area contributed by atoms with E-state index in [1.165, 1.54) is 59.5 Å². The summed E-state index contributed by atoms with van der Waals surface area (Å²) >= 11 is 0. The molecule has 0 aliphatic carbocycles. The summed E-state index contributed by atoms with van der Waals surface area (Å²) < 4.78 is 2.44. The third kappa shape index (κ3) is 4.73. The Morgan fingerprint density at radius 1 is 0.321 bits per heavy atom. The number of hydrogen-bond acceptors (Lipinski definition) is 3. The molecule has 11 aromatic rings. The molecule has 2 aromatic heterocycles. The molecule has 0 bridgehead atoms. The average Bonchev–Trinajstić information content (AvgIpc) is 3.57. The van der Waals surface area contributed by atoms with Crippen molar-refractivity contribution >= 4 is 64.9 Å². The van der Waals surface area contributed by atoms with Gasteiger partial charge in [0.1, 0.15) is 0 Å². The molecule has 246 valence electrons. The van der Waals surface area contributed by atoms with Crippen LogP contribution in [0.4, 0.5) is 0 Å². The highest BCUT2D eigenvalue weighted by Gasteiger charge is 2.20. The summed E-state index contributed by atoms with van der Waals surface area (Å²) in [6.45, 7) is 0. The quantitative estimate of drug-likeness (QED) is 0.175. The number of aromatic nitrogens is 4. The van der Waals surface area contributed by atoms with Gasteiger partial charge in [-0.2, -0.15) is 0 Å². The third-order valence-electron chi connectivity index (χ3n) is 10.6. The van der Waals surface area contributed by atoms with Crippen LogP contribution in [0.25, 0.3) is 105 Å². The van der Waals surface area contributed by atoms with Crippen molar-refractivity contribution in [3.63, 3.8) is 0 Å². The van der Waals surface area contributed by atoms with Crippen LogP contribution in [0.2, 0.25) is 0 Å². The molecule has 0 saturated carbocycles. The van der Waals surface area contributed by atoms with Gasteiger partial charge in [0, 0.05) is 38.5 Å². The van der Waals surface area contributed by atoms with Gasteiger partial charge in [-0.3, -0.25) is 0 Å². The van der Waals surface area contributed by atoms with E-state index in [1.807, 2.05) is 30.3 Å². The normalized spacial score (nSPS) is 11.8. The van der Waals surface area contributed by atoms with Crippen molar-refractivity contribution in [3.8, 4) is 39.9 Å². The Morgan fingerprint density at radius 2 is 0.811 bits per heavy atom. The van der Waals surface area contributed by atoms with Crippen LogP contribution in [0.5, 0.6) is 0 Å². The van der Waals surface area contributed by atoms with E-state index in [-0.39, 0.29) is 0 Å². The third-order valence-corrected chi connectivity index (χ3v) is 10.6. The van der Waals surface area contributed by atoms with Crippen molar-refractivity contribution in [1.82, 2.24) is 19.5 Å². The Bertz CT molecular complexity index is 3220. The average molecular weight is 675 g/mol. The molecule has 4 heteroatoms. The van der Waals surface area contributed by atoms with E-state index in [0.29, 0.717) is 17.5 Å². The standard InChI is InChI=1S/C49H30N4/c1-2-13-32(14-3-1)47-50-48(52-49(51-47)37-23-22-31-12-4-5-15-34(31)28-37)33-24-26-38(27-25-33)53-44-30-36-17-7-6-16-35(36)29-43(44)45-41-20-10-8-18-39(41)40-19-9-11-21-42(40)46(45)53/h1-30H. The van der Waals surface area contributed by atoms with Gasteiger partial charge in [-0.25, -0.2) is 15.0 Å². The summed E-state index contributed by atoms with van der Waals surface area (Å²) in [5.74, 6) is 1.94. The van der Waals surface area contributed by atoms with E-state index < -0.39 is 0 Å². The largest absolute Gasteiger partial charge is 0.309 e. The first-order valence-corrected chi connectivity index (χ1v) is 17.9. The second-order valence-corrected chi connectivity index (χ2v) is 13.6. The van der Waals surface area contributed by atoms with Crippen LogP contribution in [-0.2, 0) is 0 Å². The number of rotatable bonds is 4. The molecular weight excluding hydrogens is 645 g/mol. The molecular formula is C49H30N4. The van der Waals surface area contributed by atoms with Crippen molar-refractivity contribution in [3.05, 3.63) is 182 Å². The highest BCUT2D eigenvalue weighted by Crippen LogP contribution is 2.43. The monoisotopic (exact) mass is 674 g/mol. The number of fused-ring (bicyclic) bond motifs is 10. The minimum absolute atomic E-state index is 0.637. The topological polar surface area (TPSA) is 43.6 Å². The maximum Gasteiger partial charge on any atom is 0.164 e. The number of nitrogens with zero attached hydrogens (tertiary/aromatic N) is 4. The van der Waals surface area contributed by atoms with Crippen LogP contribution in [0.15, 0.2) is 182 Å². The summed E-state index contributed by atoms with van der Waals surface area (Å²) in [4.78, 5) is 15.1. The minimum Gasteiger partial charge on any atom is -0.309 e. The van der Waals surface area contributed by atoms with Gasteiger partial charge in [-0.1, -0.05) is 140 Å². The molecule has 11 rings (SSSR count). The van der Waals surface area contributed by atoms with E-state index >= 15 is 0 Å². The molecule has 0 aliphatic rings. The summed E-state index contributed by atoms with van der Waals surface area (Å²) in [7, 11) is 0. The molecule has 53 heavy (non-hydrogen) atoms. The Kier molecular flexibility index (Phi) is 6.52. The first-order valence-electron chi connectivity index (χ1n) is 17.9. The summed E-state index contributed by atoms with van der Waals surface area (Å²) in [5.41, 5.74) is 6.30. The fourth-order valence-corrected chi connectivity index (χ4v) is 8.07. The summed E-state index contributed by atoms with van der Waals surface area (Å²) in [6, 6.07) is 64.6. The Labute approximate surface area is 305 Å². The van der Waals surface area contributed by atoms with E-state index in [9.17, 15) is 0 Å². The van der Waals surface area contributed by atoms with E-state index in [4.69, 9.17) is 15.0 Å². The fourth-order valence-electron chi connectivity index (χ4n) is 8.07. The van der Waals surface area contributed by atoms with Crippen molar-refractivity contribution in [2.45, 2.75) is 0 Å². The molecule has 0 amide bonds. The van der Waals surface area contributed by atoms with Crippen molar-refractivity contribution < 1.29 is 0 Å². The van der Waals surface area contributed by atoms with Crippen LogP contribution >= 0.6 is 0 Å². The molecule has 2 heterocycles. The maximum atomic E-state index is 5.08. The molecule has 0 atom stereocenters. The molecule has 0 spiro atoms. The van der Waals surface area contributed by atoms with Crippen LogP contribution in [0.1, 0.15) is 0 Å². The first-order chi connectivity index (χ1) is 26.3. The first kappa shape index (κ1) is 29.5. The summed E-state index contributed by atoms with van der Waals surface area (Å²) in [5, 5.41) is 12.3. The Morgan fingerprint density at radius 3 is 1.51 bits per heavy atom. The molecule has 0 radical (unpaired) electrons. The van der Waals surface area contributed by atoms with Crippen LogP contribution in [0.3, 0.4) is 0 Å². The zero-order valence-electron chi connectivity index (χ0n) is 28.6. The lowest BCUT2D eigenvalue weighted by atomic mass is 9.96. The lowest BCUT2D eigenvalue weighted by Gasteiger charge is -2.13. The predicted molar refractivity (Wildman–Crippen MR) is 220 cm³/mol. The van der Waals surface area contributed by atoms with Gasteiger partial charge in [-0.15, -0.1) is 0 Å². The zero-order chi connectivity index (χ0) is 34.9. The molecule has 4 nitrogen and oxygen atoms in total. The number of hydrogen-bond donors (Lipinski definition) is 0. The second-order valence-electron chi connectivity index (χ2n) is 13.6. The smallest absolute Gasteiger partial charge is 0.164 e. The van der Waals surface area contributed by atoms with Gasteiger partial charge < -0.3 is 4.57 Å². The van der Waals surface area contributed by atoms with Crippen LogP contribution in [0, 0.1) is 0 Å². The lowest BCUT2D eigenvalue weighted by molar-refractivity contribution is 1.07. The minimum atomic E-state index is 0.637.